The van der Waals surface area contributed by atoms with Crippen molar-refractivity contribution in [2.45, 2.75) is 19.8 Å². The van der Waals surface area contributed by atoms with Crippen molar-refractivity contribution < 1.29 is 4.74 Å². The van der Waals surface area contributed by atoms with Gasteiger partial charge in [-0.15, -0.1) is 24.0 Å². The summed E-state index contributed by atoms with van der Waals surface area (Å²) in [4.78, 5) is 8.13. The van der Waals surface area contributed by atoms with Gasteiger partial charge in [-0.05, 0) is 18.6 Å². The average Bonchev–Trinajstić information content (AvgIpc) is 2.36. The quantitative estimate of drug-likeness (QED) is 0.335. The molecular weight excluding hydrogens is 343 g/mol. The molecule has 0 radical (unpaired) electrons. The number of unbranched alkanes of at least 4 members (excludes halogenated alkanes) is 1. The SMILES string of the molecule is CCCCN=C(N)NCCOc1cccnc1.I. The summed E-state index contributed by atoms with van der Waals surface area (Å²) in [6.45, 7) is 4.08. The Kier molecular flexibility index (Phi) is 10.4. The van der Waals surface area contributed by atoms with E-state index in [9.17, 15) is 0 Å². The fourth-order valence-electron chi connectivity index (χ4n) is 1.19. The normalized spacial score (nSPS) is 10.6. The molecule has 0 saturated carbocycles. The molecule has 6 heteroatoms. The highest BCUT2D eigenvalue weighted by Crippen LogP contribution is 2.04. The van der Waals surface area contributed by atoms with Gasteiger partial charge >= 0.3 is 0 Å². The van der Waals surface area contributed by atoms with Gasteiger partial charge in [-0.3, -0.25) is 9.98 Å². The molecule has 1 heterocycles. The second kappa shape index (κ2) is 11.1. The van der Waals surface area contributed by atoms with Crippen LogP contribution in [0.4, 0.5) is 0 Å². The van der Waals surface area contributed by atoms with Crippen LogP contribution in [-0.2, 0) is 0 Å². The molecule has 0 fully saturated rings. The number of nitrogens with two attached hydrogens (primary N) is 1. The molecule has 0 aliphatic rings. The number of rotatable bonds is 7. The maximum absolute atomic E-state index is 5.66. The maximum atomic E-state index is 5.66. The molecule has 1 aromatic heterocycles. The average molecular weight is 364 g/mol. The van der Waals surface area contributed by atoms with Crippen molar-refractivity contribution in [1.82, 2.24) is 10.3 Å². The minimum absolute atomic E-state index is 0. The smallest absolute Gasteiger partial charge is 0.188 e. The van der Waals surface area contributed by atoms with E-state index in [0.29, 0.717) is 19.1 Å². The second-order valence-electron chi connectivity index (χ2n) is 3.58. The highest BCUT2D eigenvalue weighted by Gasteiger charge is 1.93. The van der Waals surface area contributed by atoms with Crippen LogP contribution in [0.2, 0.25) is 0 Å². The molecule has 0 aliphatic carbocycles. The third-order valence-electron chi connectivity index (χ3n) is 2.11. The van der Waals surface area contributed by atoms with Gasteiger partial charge in [0.05, 0.1) is 12.7 Å². The van der Waals surface area contributed by atoms with E-state index in [2.05, 4.69) is 22.2 Å². The molecule has 0 amide bonds. The van der Waals surface area contributed by atoms with Crippen molar-refractivity contribution in [3.8, 4) is 5.75 Å². The molecule has 0 saturated heterocycles. The van der Waals surface area contributed by atoms with Crippen molar-refractivity contribution in [1.29, 1.82) is 0 Å². The first-order chi connectivity index (χ1) is 8.33. The minimum atomic E-state index is 0. The molecule has 1 aromatic rings. The van der Waals surface area contributed by atoms with Crippen LogP contribution in [0.25, 0.3) is 0 Å². The summed E-state index contributed by atoms with van der Waals surface area (Å²) < 4.78 is 5.45. The summed E-state index contributed by atoms with van der Waals surface area (Å²) >= 11 is 0. The number of pyridine rings is 1. The lowest BCUT2D eigenvalue weighted by molar-refractivity contribution is 0.321. The van der Waals surface area contributed by atoms with Crippen LogP contribution in [0, 0.1) is 0 Å². The summed E-state index contributed by atoms with van der Waals surface area (Å²) in [5.41, 5.74) is 5.66. The number of halogens is 1. The zero-order chi connectivity index (χ0) is 12.3. The molecule has 18 heavy (non-hydrogen) atoms. The largest absolute Gasteiger partial charge is 0.490 e. The number of ether oxygens (including phenoxy) is 1. The third kappa shape index (κ3) is 8.10. The van der Waals surface area contributed by atoms with Crippen LogP contribution in [0.15, 0.2) is 29.5 Å². The summed E-state index contributed by atoms with van der Waals surface area (Å²) in [7, 11) is 0. The van der Waals surface area contributed by atoms with Crippen molar-refractivity contribution >= 4 is 29.9 Å². The molecule has 0 bridgehead atoms. The van der Waals surface area contributed by atoms with Crippen molar-refractivity contribution in [2.75, 3.05) is 19.7 Å². The molecule has 5 nitrogen and oxygen atoms in total. The van der Waals surface area contributed by atoms with E-state index in [1.165, 1.54) is 0 Å². The minimum Gasteiger partial charge on any atom is -0.490 e. The fourth-order valence-corrected chi connectivity index (χ4v) is 1.19. The molecule has 102 valence electrons. The zero-order valence-electron chi connectivity index (χ0n) is 10.6. The summed E-state index contributed by atoms with van der Waals surface area (Å²) in [6.07, 6.45) is 5.58. The Hall–Kier alpha value is -1.05. The van der Waals surface area contributed by atoms with E-state index in [4.69, 9.17) is 10.5 Å². The first-order valence-electron chi connectivity index (χ1n) is 5.89. The standard InChI is InChI=1S/C12H20N4O.HI/c1-2-3-7-15-12(13)16-8-9-17-11-5-4-6-14-10-11;/h4-6,10H,2-3,7-9H2,1H3,(H3,13,15,16);1H. The Morgan fingerprint density at radius 3 is 3.06 bits per heavy atom. The van der Waals surface area contributed by atoms with Crippen LogP contribution in [-0.4, -0.2) is 30.6 Å². The van der Waals surface area contributed by atoms with Crippen molar-refractivity contribution in [3.05, 3.63) is 24.5 Å². The van der Waals surface area contributed by atoms with Crippen molar-refractivity contribution in [3.63, 3.8) is 0 Å². The number of hydrogen-bond acceptors (Lipinski definition) is 3. The topological polar surface area (TPSA) is 72.5 Å². The van der Waals surface area contributed by atoms with Crippen LogP contribution in [0.1, 0.15) is 19.8 Å². The van der Waals surface area contributed by atoms with E-state index in [-0.39, 0.29) is 24.0 Å². The second-order valence-corrected chi connectivity index (χ2v) is 3.58. The van der Waals surface area contributed by atoms with Gasteiger partial charge in [-0.25, -0.2) is 0 Å². The lowest BCUT2D eigenvalue weighted by atomic mass is 10.3. The van der Waals surface area contributed by atoms with Gasteiger partial charge in [0.15, 0.2) is 5.96 Å². The van der Waals surface area contributed by atoms with Gasteiger partial charge in [0.25, 0.3) is 0 Å². The Morgan fingerprint density at radius 2 is 2.39 bits per heavy atom. The highest BCUT2D eigenvalue weighted by molar-refractivity contribution is 14.0. The first kappa shape index (κ1) is 16.9. The number of guanidine groups is 1. The Bertz CT molecular complexity index is 332. The van der Waals surface area contributed by atoms with E-state index < -0.39 is 0 Å². The number of aromatic nitrogens is 1. The summed E-state index contributed by atoms with van der Waals surface area (Å²) in [6, 6.07) is 3.70. The monoisotopic (exact) mass is 364 g/mol. The lowest BCUT2D eigenvalue weighted by Crippen LogP contribution is -2.34. The van der Waals surface area contributed by atoms with Crippen LogP contribution < -0.4 is 15.8 Å². The number of nitrogens with one attached hydrogen (secondary N) is 1. The first-order valence-corrected chi connectivity index (χ1v) is 5.89. The van der Waals surface area contributed by atoms with Gasteiger partial charge < -0.3 is 15.8 Å². The van der Waals surface area contributed by atoms with Crippen LogP contribution >= 0.6 is 24.0 Å². The third-order valence-corrected chi connectivity index (χ3v) is 2.11. The number of nitrogens with zero attached hydrogens (tertiary/aromatic N) is 2. The number of aliphatic imine (C=N–C) groups is 1. The van der Waals surface area contributed by atoms with E-state index in [1.54, 1.807) is 12.4 Å². The maximum Gasteiger partial charge on any atom is 0.188 e. The fraction of sp³-hybridized carbons (Fsp3) is 0.500. The van der Waals surface area contributed by atoms with Gasteiger partial charge in [-0.2, -0.15) is 0 Å². The van der Waals surface area contributed by atoms with Gasteiger partial charge in [0.1, 0.15) is 12.4 Å². The molecule has 0 atom stereocenters. The Balaban J connectivity index is 0.00000289. The molecular formula is C12H21IN4O. The number of hydrogen-bond donors (Lipinski definition) is 2. The Morgan fingerprint density at radius 1 is 1.56 bits per heavy atom. The van der Waals surface area contributed by atoms with Gasteiger partial charge in [0.2, 0.25) is 0 Å². The molecule has 0 aliphatic heterocycles. The molecule has 0 aromatic carbocycles. The predicted molar refractivity (Wildman–Crippen MR) is 84.5 cm³/mol. The van der Waals surface area contributed by atoms with Gasteiger partial charge in [0, 0.05) is 12.7 Å². The summed E-state index contributed by atoms with van der Waals surface area (Å²) in [5, 5.41) is 2.99. The molecule has 0 unspecified atom stereocenters. The van der Waals surface area contributed by atoms with Crippen LogP contribution in [0.3, 0.4) is 0 Å². The van der Waals surface area contributed by atoms with E-state index in [0.717, 1.165) is 25.1 Å². The molecule has 0 spiro atoms. The molecule has 3 N–H and O–H groups in total. The van der Waals surface area contributed by atoms with Crippen LogP contribution in [0.5, 0.6) is 5.75 Å². The zero-order valence-corrected chi connectivity index (χ0v) is 13.0. The summed E-state index contributed by atoms with van der Waals surface area (Å²) in [5.74, 6) is 1.24. The van der Waals surface area contributed by atoms with Crippen molar-refractivity contribution in [2.24, 2.45) is 10.7 Å². The Labute approximate surface area is 125 Å². The highest BCUT2D eigenvalue weighted by atomic mass is 127. The molecule has 1 rings (SSSR count). The van der Waals surface area contributed by atoms with E-state index in [1.807, 2.05) is 12.1 Å². The predicted octanol–water partition coefficient (Wildman–Crippen LogP) is 1.78. The lowest BCUT2D eigenvalue weighted by Gasteiger charge is -2.07. The van der Waals surface area contributed by atoms with E-state index >= 15 is 0 Å². The van der Waals surface area contributed by atoms with Gasteiger partial charge in [-0.1, -0.05) is 13.3 Å².